The lowest BCUT2D eigenvalue weighted by Gasteiger charge is -1.99. The van der Waals surface area contributed by atoms with Crippen molar-refractivity contribution in [3.05, 3.63) is 77.2 Å². The van der Waals surface area contributed by atoms with E-state index in [1.165, 1.54) is 12.1 Å². The van der Waals surface area contributed by atoms with Crippen LogP contribution in [-0.4, -0.2) is 11.3 Å². The Morgan fingerprint density at radius 2 is 1.76 bits per heavy atom. The molecule has 0 bridgehead atoms. The number of benzene rings is 2. The first-order valence-electron chi connectivity index (χ1n) is 6.54. The maximum atomic E-state index is 13.1. The quantitative estimate of drug-likeness (QED) is 0.666. The number of rotatable bonds is 3. The Bertz CT molecular complexity index is 839. The van der Waals surface area contributed by atoms with Gasteiger partial charge in [0.1, 0.15) is 12.1 Å². The van der Waals surface area contributed by atoms with Crippen LogP contribution in [0.1, 0.15) is 21.6 Å². The van der Waals surface area contributed by atoms with Gasteiger partial charge in [-0.05, 0) is 42.0 Å². The largest absolute Gasteiger partial charge is 0.298 e. The zero-order valence-electron chi connectivity index (χ0n) is 11.2. The van der Waals surface area contributed by atoms with Crippen molar-refractivity contribution < 1.29 is 9.18 Å². The topological polar surface area (TPSA) is 30.0 Å². The molecule has 3 heteroatoms. The highest BCUT2D eigenvalue weighted by atomic mass is 19.1. The van der Waals surface area contributed by atoms with Gasteiger partial charge in [0, 0.05) is 10.9 Å². The maximum absolute atomic E-state index is 13.1. The molecule has 21 heavy (non-hydrogen) atoms. The van der Waals surface area contributed by atoms with Gasteiger partial charge >= 0.3 is 0 Å². The molecule has 0 saturated carbocycles. The molecule has 0 fully saturated rings. The second kappa shape index (κ2) is 5.67. The molecule has 1 heterocycles. The van der Waals surface area contributed by atoms with Crippen LogP contribution in [0.5, 0.6) is 0 Å². The first kappa shape index (κ1) is 13.2. The summed E-state index contributed by atoms with van der Waals surface area (Å²) in [5.74, 6) is -0.265. The van der Waals surface area contributed by atoms with E-state index in [9.17, 15) is 9.18 Å². The summed E-state index contributed by atoms with van der Waals surface area (Å²) in [6, 6.07) is 15.5. The number of hydrogen-bond acceptors (Lipinski definition) is 2. The van der Waals surface area contributed by atoms with Crippen molar-refractivity contribution in [1.29, 1.82) is 0 Å². The monoisotopic (exact) mass is 277 g/mol. The number of hydrogen-bond donors (Lipinski definition) is 0. The predicted octanol–water partition coefficient (Wildman–Crippen LogP) is 4.36. The van der Waals surface area contributed by atoms with Crippen LogP contribution in [0.3, 0.4) is 0 Å². The molecule has 3 rings (SSSR count). The van der Waals surface area contributed by atoms with Crippen LogP contribution in [0.15, 0.2) is 54.6 Å². The van der Waals surface area contributed by atoms with E-state index in [0.717, 1.165) is 28.4 Å². The molecular weight excluding hydrogens is 265 g/mol. The van der Waals surface area contributed by atoms with E-state index >= 15 is 0 Å². The molecule has 0 atom stereocenters. The molecule has 1 aromatic heterocycles. The van der Waals surface area contributed by atoms with Crippen LogP contribution in [0.2, 0.25) is 0 Å². The Balaban J connectivity index is 1.91. The van der Waals surface area contributed by atoms with Crippen molar-refractivity contribution in [2.75, 3.05) is 0 Å². The van der Waals surface area contributed by atoms with Crippen LogP contribution < -0.4 is 0 Å². The maximum Gasteiger partial charge on any atom is 0.150 e. The number of fused-ring (bicyclic) bond motifs is 1. The number of aromatic nitrogens is 1. The van der Waals surface area contributed by atoms with Crippen molar-refractivity contribution in [2.45, 2.75) is 0 Å². The van der Waals surface area contributed by atoms with Crippen LogP contribution in [0.25, 0.3) is 23.1 Å². The fourth-order valence-electron chi connectivity index (χ4n) is 2.12. The van der Waals surface area contributed by atoms with Crippen molar-refractivity contribution >= 4 is 29.3 Å². The van der Waals surface area contributed by atoms with Gasteiger partial charge in [0.05, 0.1) is 11.2 Å². The Morgan fingerprint density at radius 3 is 2.62 bits per heavy atom. The van der Waals surface area contributed by atoms with Gasteiger partial charge in [-0.1, -0.05) is 30.3 Å². The Hall–Kier alpha value is -2.81. The summed E-state index contributed by atoms with van der Waals surface area (Å²) >= 11 is 0. The average Bonchev–Trinajstić information content (AvgIpc) is 2.53. The van der Waals surface area contributed by atoms with E-state index in [4.69, 9.17) is 0 Å². The molecular formula is C18H12FNO. The van der Waals surface area contributed by atoms with E-state index in [0.29, 0.717) is 5.56 Å². The lowest BCUT2D eigenvalue weighted by atomic mass is 10.1. The summed E-state index contributed by atoms with van der Waals surface area (Å²) in [5, 5.41) is 0.773. The summed E-state index contributed by atoms with van der Waals surface area (Å²) in [6.45, 7) is 0. The summed E-state index contributed by atoms with van der Waals surface area (Å²) in [6.07, 6.45) is 4.58. The predicted molar refractivity (Wildman–Crippen MR) is 82.5 cm³/mol. The van der Waals surface area contributed by atoms with Crippen LogP contribution in [0, 0.1) is 5.82 Å². The van der Waals surface area contributed by atoms with Gasteiger partial charge < -0.3 is 0 Å². The molecule has 0 aliphatic rings. The summed E-state index contributed by atoms with van der Waals surface area (Å²) in [4.78, 5) is 15.2. The summed E-state index contributed by atoms with van der Waals surface area (Å²) in [7, 11) is 0. The third-order valence-corrected chi connectivity index (χ3v) is 3.17. The van der Waals surface area contributed by atoms with Gasteiger partial charge in [-0.3, -0.25) is 4.79 Å². The fraction of sp³-hybridized carbons (Fsp3) is 0. The second-order valence-corrected chi connectivity index (χ2v) is 4.69. The second-order valence-electron chi connectivity index (χ2n) is 4.69. The van der Waals surface area contributed by atoms with E-state index in [1.807, 2.05) is 36.4 Å². The summed E-state index contributed by atoms with van der Waals surface area (Å²) < 4.78 is 13.1. The summed E-state index contributed by atoms with van der Waals surface area (Å²) in [5.41, 5.74) is 3.10. The lowest BCUT2D eigenvalue weighted by molar-refractivity contribution is 0.112. The molecule has 102 valence electrons. The van der Waals surface area contributed by atoms with Crippen molar-refractivity contribution in [3.63, 3.8) is 0 Å². The molecule has 0 aliphatic heterocycles. The van der Waals surface area contributed by atoms with Crippen molar-refractivity contribution in [3.8, 4) is 0 Å². The zero-order chi connectivity index (χ0) is 14.7. The number of carbonyl (C=O) groups excluding carboxylic acids is 1. The Labute approximate surface area is 121 Å². The molecule has 0 radical (unpaired) electrons. The lowest BCUT2D eigenvalue weighted by Crippen LogP contribution is -1.85. The molecule has 0 amide bonds. The minimum atomic E-state index is -0.265. The van der Waals surface area contributed by atoms with E-state index in [-0.39, 0.29) is 5.82 Å². The van der Waals surface area contributed by atoms with Crippen LogP contribution >= 0.6 is 0 Å². The van der Waals surface area contributed by atoms with Crippen LogP contribution in [0.4, 0.5) is 4.39 Å². The molecule has 2 aromatic carbocycles. The third-order valence-electron chi connectivity index (χ3n) is 3.17. The number of pyridine rings is 1. The van der Waals surface area contributed by atoms with Gasteiger partial charge in [-0.15, -0.1) is 0 Å². The minimum absolute atomic E-state index is 0.265. The highest BCUT2D eigenvalue weighted by Crippen LogP contribution is 2.15. The third kappa shape index (κ3) is 3.03. The van der Waals surface area contributed by atoms with Gasteiger partial charge in [0.2, 0.25) is 0 Å². The molecule has 0 saturated heterocycles. The van der Waals surface area contributed by atoms with Crippen molar-refractivity contribution in [1.82, 2.24) is 4.98 Å². The van der Waals surface area contributed by atoms with Gasteiger partial charge in [-0.25, -0.2) is 9.37 Å². The normalized spacial score (nSPS) is 11.1. The Morgan fingerprint density at radius 1 is 0.905 bits per heavy atom. The standard InChI is InChI=1S/C18H12FNO/c19-16-6-9-18-15(11-16)5-8-17(20-18)7-4-13-2-1-3-14(10-13)12-21/h1-12H. The molecule has 0 spiro atoms. The Kier molecular flexibility index (Phi) is 3.56. The number of halogens is 1. The fourth-order valence-corrected chi connectivity index (χ4v) is 2.12. The highest BCUT2D eigenvalue weighted by molar-refractivity contribution is 5.81. The zero-order valence-corrected chi connectivity index (χ0v) is 11.2. The first-order valence-corrected chi connectivity index (χ1v) is 6.54. The SMILES string of the molecule is O=Cc1cccc(C=Cc2ccc3cc(F)ccc3n2)c1. The van der Waals surface area contributed by atoms with Gasteiger partial charge in [-0.2, -0.15) is 0 Å². The molecule has 2 nitrogen and oxygen atoms in total. The average molecular weight is 277 g/mol. The van der Waals surface area contributed by atoms with Crippen LogP contribution in [-0.2, 0) is 0 Å². The van der Waals surface area contributed by atoms with E-state index in [1.54, 1.807) is 18.2 Å². The first-order chi connectivity index (χ1) is 10.2. The number of nitrogens with zero attached hydrogens (tertiary/aromatic N) is 1. The van der Waals surface area contributed by atoms with Gasteiger partial charge in [0.15, 0.2) is 0 Å². The molecule has 0 unspecified atom stereocenters. The highest BCUT2D eigenvalue weighted by Gasteiger charge is 1.98. The molecule has 0 aliphatic carbocycles. The van der Waals surface area contributed by atoms with Crippen molar-refractivity contribution in [2.24, 2.45) is 0 Å². The molecule has 0 N–H and O–H groups in total. The van der Waals surface area contributed by atoms with E-state index < -0.39 is 0 Å². The minimum Gasteiger partial charge on any atom is -0.298 e. The number of aldehydes is 1. The molecule has 3 aromatic rings. The number of carbonyl (C=O) groups is 1. The van der Waals surface area contributed by atoms with E-state index in [2.05, 4.69) is 4.98 Å². The smallest absolute Gasteiger partial charge is 0.150 e. The van der Waals surface area contributed by atoms with Gasteiger partial charge in [0.25, 0.3) is 0 Å².